The van der Waals surface area contributed by atoms with E-state index in [2.05, 4.69) is 15.5 Å². The van der Waals surface area contributed by atoms with Crippen molar-refractivity contribution in [2.24, 2.45) is 0 Å². The number of rotatable bonds is 5. The molecule has 0 bridgehead atoms. The first-order chi connectivity index (χ1) is 12.4. The van der Waals surface area contributed by atoms with Crippen LogP contribution >= 0.6 is 46.3 Å². The topological polar surface area (TPSA) is 54.9 Å². The second-order valence-corrected chi connectivity index (χ2v) is 8.70. The van der Waals surface area contributed by atoms with Gasteiger partial charge >= 0.3 is 0 Å². The van der Waals surface area contributed by atoms with Gasteiger partial charge in [-0.2, -0.15) is 0 Å². The summed E-state index contributed by atoms with van der Waals surface area (Å²) in [5.41, 5.74) is 3.65. The fourth-order valence-corrected chi connectivity index (χ4v) is 4.25. The van der Waals surface area contributed by atoms with E-state index in [0.29, 0.717) is 26.5 Å². The Morgan fingerprint density at radius 3 is 2.69 bits per heavy atom. The van der Waals surface area contributed by atoms with Crippen LogP contribution in [-0.2, 0) is 5.75 Å². The minimum absolute atomic E-state index is 0.177. The molecular formula is C18H15Cl2N3OS2. The van der Waals surface area contributed by atoms with Gasteiger partial charge in [0.05, 0.1) is 10.0 Å². The summed E-state index contributed by atoms with van der Waals surface area (Å²) in [4.78, 5) is 12.4. The molecule has 0 aliphatic rings. The van der Waals surface area contributed by atoms with Crippen LogP contribution in [0.25, 0.3) is 0 Å². The summed E-state index contributed by atoms with van der Waals surface area (Å²) in [6, 6.07) is 11.3. The molecule has 4 nitrogen and oxygen atoms in total. The minimum Gasteiger partial charge on any atom is -0.296 e. The van der Waals surface area contributed by atoms with E-state index < -0.39 is 0 Å². The van der Waals surface area contributed by atoms with Crippen molar-refractivity contribution >= 4 is 57.3 Å². The number of nitrogens with zero attached hydrogens (tertiary/aromatic N) is 2. The van der Waals surface area contributed by atoms with Gasteiger partial charge < -0.3 is 0 Å². The van der Waals surface area contributed by atoms with Gasteiger partial charge in [-0.05, 0) is 43.2 Å². The summed E-state index contributed by atoms with van der Waals surface area (Å²) < 4.78 is 0.771. The lowest BCUT2D eigenvalue weighted by Crippen LogP contribution is -2.13. The number of aryl methyl sites for hydroxylation is 2. The number of aromatic nitrogens is 2. The van der Waals surface area contributed by atoms with Crippen LogP contribution in [0.4, 0.5) is 5.13 Å². The summed E-state index contributed by atoms with van der Waals surface area (Å²) >= 11 is 14.8. The zero-order valence-corrected chi connectivity index (χ0v) is 17.2. The molecule has 8 heteroatoms. The molecule has 3 aromatic rings. The van der Waals surface area contributed by atoms with Crippen molar-refractivity contribution in [3.05, 3.63) is 68.7 Å². The number of hydrogen-bond donors (Lipinski definition) is 1. The number of thioether (sulfide) groups is 1. The molecule has 1 amide bonds. The van der Waals surface area contributed by atoms with Crippen molar-refractivity contribution in [2.75, 3.05) is 5.32 Å². The largest absolute Gasteiger partial charge is 0.296 e. The predicted octanol–water partition coefficient (Wildman–Crippen LogP) is 6.01. The van der Waals surface area contributed by atoms with Crippen LogP contribution in [0.15, 0.2) is 40.7 Å². The Kier molecular flexibility index (Phi) is 6.19. The Morgan fingerprint density at radius 1 is 1.12 bits per heavy atom. The van der Waals surface area contributed by atoms with E-state index in [1.807, 2.05) is 44.2 Å². The smallest absolute Gasteiger partial charge is 0.257 e. The monoisotopic (exact) mass is 423 g/mol. The highest BCUT2D eigenvalue weighted by Gasteiger charge is 2.13. The normalized spacial score (nSPS) is 10.8. The molecule has 0 fully saturated rings. The maximum atomic E-state index is 12.4. The highest BCUT2D eigenvalue weighted by molar-refractivity contribution is 8.00. The summed E-state index contributed by atoms with van der Waals surface area (Å²) in [7, 11) is 0. The molecule has 1 aromatic heterocycles. The molecule has 2 aromatic carbocycles. The number of carbonyl (C=O) groups excluding carboxylic acids is 1. The Balaban J connectivity index is 1.63. The maximum Gasteiger partial charge on any atom is 0.257 e. The van der Waals surface area contributed by atoms with Gasteiger partial charge in [-0.3, -0.25) is 10.1 Å². The van der Waals surface area contributed by atoms with E-state index in [1.54, 1.807) is 6.07 Å². The van der Waals surface area contributed by atoms with Gasteiger partial charge in [-0.15, -0.1) is 10.2 Å². The van der Waals surface area contributed by atoms with E-state index in [0.717, 1.165) is 21.0 Å². The fraction of sp³-hybridized carbons (Fsp3) is 0.167. The zero-order valence-electron chi connectivity index (χ0n) is 14.0. The Morgan fingerprint density at radius 2 is 1.92 bits per heavy atom. The molecule has 3 rings (SSSR count). The Labute approximate surface area is 169 Å². The van der Waals surface area contributed by atoms with Gasteiger partial charge in [0.1, 0.15) is 0 Å². The summed E-state index contributed by atoms with van der Waals surface area (Å²) in [6.45, 7) is 3.87. The van der Waals surface area contributed by atoms with Crippen LogP contribution in [0.5, 0.6) is 0 Å². The standard InChI is InChI=1S/C18H15Cl2N3OS2/c1-10-3-4-11(2)13(7-10)16(24)21-17-22-23-18(26-17)25-9-12-5-6-14(19)15(20)8-12/h3-8H,9H2,1-2H3,(H,21,22,24). The quantitative estimate of drug-likeness (QED) is 0.403. The predicted molar refractivity (Wildman–Crippen MR) is 110 cm³/mol. The lowest BCUT2D eigenvalue weighted by molar-refractivity contribution is 0.102. The fourth-order valence-electron chi connectivity index (χ4n) is 2.24. The number of benzene rings is 2. The van der Waals surface area contributed by atoms with Crippen LogP contribution in [0.2, 0.25) is 10.0 Å². The van der Waals surface area contributed by atoms with Crippen LogP contribution in [0, 0.1) is 13.8 Å². The van der Waals surface area contributed by atoms with Crippen molar-refractivity contribution in [1.29, 1.82) is 0 Å². The third kappa shape index (κ3) is 4.76. The minimum atomic E-state index is -0.177. The first kappa shape index (κ1) is 19.2. The van der Waals surface area contributed by atoms with Crippen LogP contribution in [0.1, 0.15) is 27.0 Å². The molecule has 0 aliphatic heterocycles. The van der Waals surface area contributed by atoms with Crippen molar-refractivity contribution < 1.29 is 4.79 Å². The van der Waals surface area contributed by atoms with Gasteiger partial charge in [0.25, 0.3) is 5.91 Å². The highest BCUT2D eigenvalue weighted by Crippen LogP contribution is 2.30. The van der Waals surface area contributed by atoms with E-state index in [4.69, 9.17) is 23.2 Å². The number of anilines is 1. The first-order valence-corrected chi connectivity index (χ1v) is 10.3. The lowest BCUT2D eigenvalue weighted by atomic mass is 10.1. The Hall–Kier alpha value is -1.60. The van der Waals surface area contributed by atoms with Gasteiger partial charge in [0.2, 0.25) is 5.13 Å². The summed E-state index contributed by atoms with van der Waals surface area (Å²) in [5, 5.41) is 12.5. The molecule has 1 heterocycles. The molecule has 0 spiro atoms. The van der Waals surface area contributed by atoms with Crippen LogP contribution in [-0.4, -0.2) is 16.1 Å². The molecule has 1 N–H and O–H groups in total. The van der Waals surface area contributed by atoms with E-state index in [-0.39, 0.29) is 5.91 Å². The molecule has 0 saturated carbocycles. The van der Waals surface area contributed by atoms with E-state index >= 15 is 0 Å². The number of carbonyl (C=O) groups is 1. The van der Waals surface area contributed by atoms with Gasteiger partial charge in [0, 0.05) is 11.3 Å². The lowest BCUT2D eigenvalue weighted by Gasteiger charge is -2.06. The maximum absolute atomic E-state index is 12.4. The van der Waals surface area contributed by atoms with Gasteiger partial charge in [-0.25, -0.2) is 0 Å². The van der Waals surface area contributed by atoms with Crippen molar-refractivity contribution in [2.45, 2.75) is 23.9 Å². The molecule has 0 saturated heterocycles. The third-order valence-electron chi connectivity index (χ3n) is 3.61. The third-order valence-corrected chi connectivity index (χ3v) is 6.39. The molecule has 0 radical (unpaired) electrons. The first-order valence-electron chi connectivity index (χ1n) is 7.71. The van der Waals surface area contributed by atoms with Crippen molar-refractivity contribution in [3.63, 3.8) is 0 Å². The number of halogens is 2. The van der Waals surface area contributed by atoms with Gasteiger partial charge in [0.15, 0.2) is 4.34 Å². The molecule has 134 valence electrons. The van der Waals surface area contributed by atoms with Crippen LogP contribution < -0.4 is 5.32 Å². The van der Waals surface area contributed by atoms with Gasteiger partial charge in [-0.1, -0.05) is 70.1 Å². The number of nitrogens with one attached hydrogen (secondary N) is 1. The summed E-state index contributed by atoms with van der Waals surface area (Å²) in [5.74, 6) is 0.514. The second kappa shape index (κ2) is 8.39. The highest BCUT2D eigenvalue weighted by atomic mass is 35.5. The molecule has 26 heavy (non-hydrogen) atoms. The average molecular weight is 424 g/mol. The molecular weight excluding hydrogens is 409 g/mol. The zero-order chi connectivity index (χ0) is 18.7. The van der Waals surface area contributed by atoms with E-state index in [9.17, 15) is 4.79 Å². The molecule has 0 aliphatic carbocycles. The van der Waals surface area contributed by atoms with Crippen molar-refractivity contribution in [1.82, 2.24) is 10.2 Å². The Bertz CT molecular complexity index is 959. The molecule has 0 unspecified atom stereocenters. The molecule has 0 atom stereocenters. The number of amides is 1. The van der Waals surface area contributed by atoms with Crippen LogP contribution in [0.3, 0.4) is 0 Å². The second-order valence-electron chi connectivity index (χ2n) is 5.68. The number of hydrogen-bond acceptors (Lipinski definition) is 5. The summed E-state index contributed by atoms with van der Waals surface area (Å²) in [6.07, 6.45) is 0. The van der Waals surface area contributed by atoms with Crippen molar-refractivity contribution in [3.8, 4) is 0 Å². The SMILES string of the molecule is Cc1ccc(C)c(C(=O)Nc2nnc(SCc3ccc(Cl)c(Cl)c3)s2)c1. The average Bonchev–Trinajstić information content (AvgIpc) is 3.05. The van der Waals surface area contributed by atoms with E-state index in [1.165, 1.54) is 23.1 Å².